The number of fused-ring (bicyclic) bond motifs is 1. The van der Waals surface area contributed by atoms with Crippen LogP contribution in [0.5, 0.6) is 5.75 Å². The zero-order valence-corrected chi connectivity index (χ0v) is 10.3. The average Bonchev–Trinajstić information content (AvgIpc) is 2.94. The molecule has 3 heteroatoms. The first kappa shape index (κ1) is 10.7. The number of furan rings is 1. The van der Waals surface area contributed by atoms with Crippen LogP contribution in [0.15, 0.2) is 41.0 Å². The van der Waals surface area contributed by atoms with E-state index >= 15 is 0 Å². The van der Waals surface area contributed by atoms with E-state index in [9.17, 15) is 0 Å². The van der Waals surface area contributed by atoms with Crippen molar-refractivity contribution in [2.24, 2.45) is 0 Å². The van der Waals surface area contributed by atoms with Gasteiger partial charge in [0.2, 0.25) is 0 Å². The first-order valence-electron chi connectivity index (χ1n) is 5.71. The SMILES string of the molecule is CC1Cc2cc(C(Cl)c3ccco3)ccc2O1. The van der Waals surface area contributed by atoms with Crippen molar-refractivity contribution in [3.05, 3.63) is 53.5 Å². The third-order valence-corrected chi connectivity index (χ3v) is 3.47. The second kappa shape index (κ2) is 4.11. The lowest BCUT2D eigenvalue weighted by Gasteiger charge is -2.08. The Morgan fingerprint density at radius 1 is 1.35 bits per heavy atom. The van der Waals surface area contributed by atoms with Crippen LogP contribution in [-0.2, 0) is 6.42 Å². The molecule has 0 saturated heterocycles. The lowest BCUT2D eigenvalue weighted by Crippen LogP contribution is -2.05. The molecule has 2 atom stereocenters. The quantitative estimate of drug-likeness (QED) is 0.752. The van der Waals surface area contributed by atoms with Crippen LogP contribution in [0.4, 0.5) is 0 Å². The maximum Gasteiger partial charge on any atom is 0.126 e. The van der Waals surface area contributed by atoms with Crippen LogP contribution in [0, 0.1) is 0 Å². The van der Waals surface area contributed by atoms with Crippen LogP contribution in [0.2, 0.25) is 0 Å². The largest absolute Gasteiger partial charge is 0.490 e. The van der Waals surface area contributed by atoms with Crippen molar-refractivity contribution in [3.8, 4) is 5.75 Å². The van der Waals surface area contributed by atoms with Crippen LogP contribution in [0.3, 0.4) is 0 Å². The van der Waals surface area contributed by atoms with Gasteiger partial charge >= 0.3 is 0 Å². The summed E-state index contributed by atoms with van der Waals surface area (Å²) in [5.41, 5.74) is 2.28. The highest BCUT2D eigenvalue weighted by Gasteiger charge is 2.21. The van der Waals surface area contributed by atoms with E-state index in [-0.39, 0.29) is 11.5 Å². The van der Waals surface area contributed by atoms with Crippen LogP contribution in [-0.4, -0.2) is 6.10 Å². The topological polar surface area (TPSA) is 22.4 Å². The first-order chi connectivity index (χ1) is 8.24. The molecule has 2 aromatic rings. The molecule has 3 rings (SSSR count). The van der Waals surface area contributed by atoms with Gasteiger partial charge in [-0.05, 0) is 36.2 Å². The third kappa shape index (κ3) is 1.93. The van der Waals surface area contributed by atoms with Gasteiger partial charge in [-0.3, -0.25) is 0 Å². The van der Waals surface area contributed by atoms with E-state index in [0.717, 1.165) is 23.5 Å². The Bertz CT molecular complexity index is 519. The normalized spacial score (nSPS) is 19.8. The molecule has 0 amide bonds. The van der Waals surface area contributed by atoms with Gasteiger partial charge in [-0.25, -0.2) is 0 Å². The molecule has 2 nitrogen and oxygen atoms in total. The molecule has 1 aliphatic rings. The summed E-state index contributed by atoms with van der Waals surface area (Å²) in [5, 5.41) is -0.230. The predicted octanol–water partition coefficient (Wildman–Crippen LogP) is 3.93. The maximum absolute atomic E-state index is 6.38. The van der Waals surface area contributed by atoms with E-state index in [1.807, 2.05) is 24.3 Å². The van der Waals surface area contributed by atoms with Crippen LogP contribution < -0.4 is 4.74 Å². The molecule has 0 spiro atoms. The summed E-state index contributed by atoms with van der Waals surface area (Å²) in [7, 11) is 0. The standard InChI is InChI=1S/C14H13ClO2/c1-9-7-11-8-10(4-5-12(11)17-9)14(15)13-3-2-6-16-13/h2-6,8-9,14H,7H2,1H3. The first-order valence-corrected chi connectivity index (χ1v) is 6.14. The van der Waals surface area contributed by atoms with Gasteiger partial charge in [0.15, 0.2) is 0 Å². The van der Waals surface area contributed by atoms with Gasteiger partial charge in [-0.1, -0.05) is 12.1 Å². The van der Waals surface area contributed by atoms with Crippen molar-refractivity contribution in [3.63, 3.8) is 0 Å². The Kier molecular flexibility index (Phi) is 2.60. The Balaban J connectivity index is 1.93. The van der Waals surface area contributed by atoms with Gasteiger partial charge in [0.1, 0.15) is 23.0 Å². The molecule has 17 heavy (non-hydrogen) atoms. The molecule has 0 saturated carbocycles. The van der Waals surface area contributed by atoms with Crippen molar-refractivity contribution in [1.29, 1.82) is 0 Å². The highest BCUT2D eigenvalue weighted by Crippen LogP contribution is 2.35. The van der Waals surface area contributed by atoms with E-state index in [2.05, 4.69) is 13.0 Å². The van der Waals surface area contributed by atoms with Gasteiger partial charge in [0, 0.05) is 6.42 Å². The summed E-state index contributed by atoms with van der Waals surface area (Å²) in [6, 6.07) is 9.84. The van der Waals surface area contributed by atoms with Gasteiger partial charge in [-0.15, -0.1) is 11.6 Å². The second-order valence-corrected chi connectivity index (χ2v) is 4.81. The fourth-order valence-electron chi connectivity index (χ4n) is 2.20. The lowest BCUT2D eigenvalue weighted by atomic mass is 10.0. The number of benzene rings is 1. The average molecular weight is 249 g/mol. The molecule has 0 N–H and O–H groups in total. The van der Waals surface area contributed by atoms with E-state index in [0.29, 0.717) is 0 Å². The molecule has 88 valence electrons. The van der Waals surface area contributed by atoms with Gasteiger partial charge < -0.3 is 9.15 Å². The molecule has 2 heterocycles. The predicted molar refractivity (Wildman–Crippen MR) is 66.6 cm³/mol. The third-order valence-electron chi connectivity index (χ3n) is 3.01. The molecule has 0 bridgehead atoms. The Morgan fingerprint density at radius 2 is 2.24 bits per heavy atom. The van der Waals surface area contributed by atoms with E-state index in [1.54, 1.807) is 6.26 Å². The molecular weight excluding hydrogens is 236 g/mol. The van der Waals surface area contributed by atoms with Crippen LogP contribution >= 0.6 is 11.6 Å². The smallest absolute Gasteiger partial charge is 0.126 e. The van der Waals surface area contributed by atoms with Crippen molar-refractivity contribution >= 4 is 11.6 Å². The zero-order valence-electron chi connectivity index (χ0n) is 9.52. The molecule has 0 aliphatic carbocycles. The molecule has 2 unspecified atom stereocenters. The summed E-state index contributed by atoms with van der Waals surface area (Å²) in [5.74, 6) is 1.75. The van der Waals surface area contributed by atoms with Crippen molar-refractivity contribution in [2.45, 2.75) is 24.8 Å². The van der Waals surface area contributed by atoms with Crippen LogP contribution in [0.25, 0.3) is 0 Å². The number of rotatable bonds is 2. The van der Waals surface area contributed by atoms with E-state index < -0.39 is 0 Å². The minimum atomic E-state index is -0.230. The molecule has 0 fully saturated rings. The van der Waals surface area contributed by atoms with Gasteiger partial charge in [0.25, 0.3) is 0 Å². The van der Waals surface area contributed by atoms with E-state index in [4.69, 9.17) is 20.8 Å². The fraction of sp³-hybridized carbons (Fsp3) is 0.286. The summed E-state index contributed by atoms with van der Waals surface area (Å²) < 4.78 is 11.0. The fourth-order valence-corrected chi connectivity index (χ4v) is 2.46. The Hall–Kier alpha value is -1.41. The summed E-state index contributed by atoms with van der Waals surface area (Å²) in [4.78, 5) is 0. The van der Waals surface area contributed by atoms with Gasteiger partial charge in [0.05, 0.1) is 6.26 Å². The summed E-state index contributed by atoms with van der Waals surface area (Å²) >= 11 is 6.38. The number of halogens is 1. The molecule has 1 aliphatic heterocycles. The molecule has 1 aromatic heterocycles. The number of ether oxygens (including phenoxy) is 1. The Labute approximate surface area is 105 Å². The highest BCUT2D eigenvalue weighted by molar-refractivity contribution is 6.22. The maximum atomic E-state index is 6.38. The monoisotopic (exact) mass is 248 g/mol. The minimum Gasteiger partial charge on any atom is -0.490 e. The molecular formula is C14H13ClO2. The van der Waals surface area contributed by atoms with Crippen molar-refractivity contribution < 1.29 is 9.15 Å². The van der Waals surface area contributed by atoms with Crippen molar-refractivity contribution in [1.82, 2.24) is 0 Å². The van der Waals surface area contributed by atoms with E-state index in [1.165, 1.54) is 5.56 Å². The van der Waals surface area contributed by atoms with Crippen LogP contribution in [0.1, 0.15) is 29.2 Å². The highest BCUT2D eigenvalue weighted by atomic mass is 35.5. The summed E-state index contributed by atoms with van der Waals surface area (Å²) in [6.07, 6.45) is 2.85. The van der Waals surface area contributed by atoms with Gasteiger partial charge in [-0.2, -0.15) is 0 Å². The Morgan fingerprint density at radius 3 is 3.00 bits per heavy atom. The van der Waals surface area contributed by atoms with Crippen molar-refractivity contribution in [2.75, 3.05) is 0 Å². The second-order valence-electron chi connectivity index (χ2n) is 4.38. The minimum absolute atomic E-state index is 0.230. The number of alkyl halides is 1. The molecule has 1 aromatic carbocycles. The lowest BCUT2D eigenvalue weighted by molar-refractivity contribution is 0.254. The number of hydrogen-bond donors (Lipinski definition) is 0. The molecule has 0 radical (unpaired) electrons. The number of hydrogen-bond acceptors (Lipinski definition) is 2. The summed E-state index contributed by atoms with van der Waals surface area (Å²) in [6.45, 7) is 2.07. The zero-order chi connectivity index (χ0) is 11.8.